The van der Waals surface area contributed by atoms with Crippen LogP contribution in [-0.4, -0.2) is 11.7 Å². The summed E-state index contributed by atoms with van der Waals surface area (Å²) in [7, 11) is 0. The summed E-state index contributed by atoms with van der Waals surface area (Å²) in [6, 6.07) is 0. The molecule has 1 heteroatoms. The van der Waals surface area contributed by atoms with Gasteiger partial charge in [0.05, 0.1) is 11.7 Å². The van der Waals surface area contributed by atoms with Crippen LogP contribution in [0.4, 0.5) is 0 Å². The van der Waals surface area contributed by atoms with Gasteiger partial charge in [0, 0.05) is 0 Å². The number of hydrogen-bond acceptors (Lipinski definition) is 1. The third kappa shape index (κ3) is 3.68. The highest BCUT2D eigenvalue weighted by Crippen LogP contribution is 2.32. The van der Waals surface area contributed by atoms with Crippen molar-refractivity contribution < 1.29 is 4.74 Å². The molecular formula is C12H24O. The zero-order chi connectivity index (χ0) is 10.1. The zero-order valence-corrected chi connectivity index (χ0v) is 9.76. The van der Waals surface area contributed by atoms with Crippen molar-refractivity contribution in [3.8, 4) is 0 Å². The van der Waals surface area contributed by atoms with E-state index in [2.05, 4.69) is 34.6 Å². The maximum atomic E-state index is 6.04. The molecule has 1 nitrogen and oxygen atoms in total. The lowest BCUT2D eigenvalue weighted by Crippen LogP contribution is -2.35. The lowest BCUT2D eigenvalue weighted by atomic mass is 9.81. The van der Waals surface area contributed by atoms with Crippen molar-refractivity contribution in [3.63, 3.8) is 0 Å². The molecule has 3 atom stereocenters. The van der Waals surface area contributed by atoms with Crippen LogP contribution in [-0.2, 0) is 4.74 Å². The van der Waals surface area contributed by atoms with Gasteiger partial charge in [-0.05, 0) is 51.9 Å². The van der Waals surface area contributed by atoms with Crippen LogP contribution in [0.15, 0.2) is 0 Å². The third-order valence-corrected chi connectivity index (χ3v) is 2.86. The molecule has 78 valence electrons. The average Bonchev–Trinajstić information content (AvgIpc) is 1.93. The first-order valence-electron chi connectivity index (χ1n) is 5.56. The fraction of sp³-hybridized carbons (Fsp3) is 1.00. The largest absolute Gasteiger partial charge is 0.372 e. The Balaban J connectivity index is 2.43. The fourth-order valence-electron chi connectivity index (χ4n) is 2.27. The highest BCUT2D eigenvalue weighted by Gasteiger charge is 2.29. The van der Waals surface area contributed by atoms with Crippen LogP contribution in [0.25, 0.3) is 0 Å². The van der Waals surface area contributed by atoms with Gasteiger partial charge in [-0.15, -0.1) is 0 Å². The standard InChI is InChI=1S/C12H24O/c1-9-6-7-11(10(2)8-9)13-12(3,4)5/h9-11H,6-8H2,1-5H3. The lowest BCUT2D eigenvalue weighted by Gasteiger charge is -2.36. The Hall–Kier alpha value is -0.0400. The van der Waals surface area contributed by atoms with Gasteiger partial charge in [-0.25, -0.2) is 0 Å². The molecule has 0 saturated heterocycles. The van der Waals surface area contributed by atoms with Crippen LogP contribution in [0.3, 0.4) is 0 Å². The van der Waals surface area contributed by atoms with Gasteiger partial charge < -0.3 is 4.74 Å². The van der Waals surface area contributed by atoms with Gasteiger partial charge in [-0.1, -0.05) is 13.8 Å². The molecule has 3 unspecified atom stereocenters. The monoisotopic (exact) mass is 184 g/mol. The van der Waals surface area contributed by atoms with Gasteiger partial charge in [0.2, 0.25) is 0 Å². The fourth-order valence-corrected chi connectivity index (χ4v) is 2.27. The summed E-state index contributed by atoms with van der Waals surface area (Å²) in [6.07, 6.45) is 4.42. The van der Waals surface area contributed by atoms with Gasteiger partial charge in [0.15, 0.2) is 0 Å². The SMILES string of the molecule is CC1CCC(OC(C)(C)C)C(C)C1. The molecule has 0 aromatic carbocycles. The molecule has 13 heavy (non-hydrogen) atoms. The smallest absolute Gasteiger partial charge is 0.0608 e. The number of ether oxygens (including phenoxy) is 1. The summed E-state index contributed by atoms with van der Waals surface area (Å²) < 4.78 is 6.04. The average molecular weight is 184 g/mol. The van der Waals surface area contributed by atoms with Crippen molar-refractivity contribution in [2.24, 2.45) is 11.8 Å². The van der Waals surface area contributed by atoms with Gasteiger partial charge in [0.1, 0.15) is 0 Å². The maximum Gasteiger partial charge on any atom is 0.0608 e. The first kappa shape index (κ1) is 11.0. The molecular weight excluding hydrogens is 160 g/mol. The molecule has 1 aliphatic rings. The van der Waals surface area contributed by atoms with Crippen LogP contribution in [0.1, 0.15) is 53.9 Å². The summed E-state index contributed by atoms with van der Waals surface area (Å²) in [4.78, 5) is 0. The van der Waals surface area contributed by atoms with E-state index in [0.29, 0.717) is 6.10 Å². The van der Waals surface area contributed by atoms with Gasteiger partial charge in [-0.2, -0.15) is 0 Å². The third-order valence-electron chi connectivity index (χ3n) is 2.86. The van der Waals surface area contributed by atoms with Crippen molar-refractivity contribution in [1.82, 2.24) is 0 Å². The summed E-state index contributed by atoms with van der Waals surface area (Å²) in [5, 5.41) is 0. The molecule has 0 spiro atoms. The Morgan fingerprint density at radius 2 is 1.69 bits per heavy atom. The van der Waals surface area contributed by atoms with Crippen molar-refractivity contribution in [3.05, 3.63) is 0 Å². The number of rotatable bonds is 1. The minimum Gasteiger partial charge on any atom is -0.372 e. The normalized spacial score (nSPS) is 36.2. The van der Waals surface area contributed by atoms with E-state index < -0.39 is 0 Å². The van der Waals surface area contributed by atoms with E-state index in [0.717, 1.165) is 11.8 Å². The van der Waals surface area contributed by atoms with Crippen LogP contribution in [0.2, 0.25) is 0 Å². The van der Waals surface area contributed by atoms with Gasteiger partial charge in [0.25, 0.3) is 0 Å². The van der Waals surface area contributed by atoms with Crippen LogP contribution < -0.4 is 0 Å². The molecule has 0 aliphatic heterocycles. The predicted octanol–water partition coefficient (Wildman–Crippen LogP) is 3.63. The summed E-state index contributed by atoms with van der Waals surface area (Å²) in [5.41, 5.74) is 0.0273. The molecule has 0 bridgehead atoms. The second kappa shape index (κ2) is 4.00. The van der Waals surface area contributed by atoms with Crippen LogP contribution in [0, 0.1) is 11.8 Å². The van der Waals surface area contributed by atoms with E-state index in [1.54, 1.807) is 0 Å². The molecule has 1 rings (SSSR count). The molecule has 1 aliphatic carbocycles. The van der Waals surface area contributed by atoms with Crippen molar-refractivity contribution in [2.75, 3.05) is 0 Å². The molecule has 1 saturated carbocycles. The van der Waals surface area contributed by atoms with Gasteiger partial charge >= 0.3 is 0 Å². The topological polar surface area (TPSA) is 9.23 Å². The minimum atomic E-state index is 0.0273. The molecule has 0 aromatic rings. The van der Waals surface area contributed by atoms with Crippen molar-refractivity contribution in [2.45, 2.75) is 65.6 Å². The van der Waals surface area contributed by atoms with Crippen molar-refractivity contribution in [1.29, 1.82) is 0 Å². The van der Waals surface area contributed by atoms with E-state index >= 15 is 0 Å². The Morgan fingerprint density at radius 3 is 2.15 bits per heavy atom. The highest BCUT2D eigenvalue weighted by atomic mass is 16.5. The Labute approximate surface area is 82.9 Å². The summed E-state index contributed by atoms with van der Waals surface area (Å²) in [5.74, 6) is 1.64. The molecule has 0 N–H and O–H groups in total. The molecule has 0 radical (unpaired) electrons. The molecule has 0 amide bonds. The zero-order valence-electron chi connectivity index (χ0n) is 9.76. The van der Waals surface area contributed by atoms with Crippen LogP contribution in [0.5, 0.6) is 0 Å². The summed E-state index contributed by atoms with van der Waals surface area (Å²) in [6.45, 7) is 11.1. The first-order valence-corrected chi connectivity index (χ1v) is 5.56. The highest BCUT2D eigenvalue weighted by molar-refractivity contribution is 4.78. The summed E-state index contributed by atoms with van der Waals surface area (Å²) >= 11 is 0. The van der Waals surface area contributed by atoms with E-state index in [4.69, 9.17) is 4.74 Å². The minimum absolute atomic E-state index is 0.0273. The van der Waals surface area contributed by atoms with E-state index in [-0.39, 0.29) is 5.60 Å². The first-order chi connectivity index (χ1) is 5.88. The molecule has 0 aromatic heterocycles. The quantitative estimate of drug-likeness (QED) is 0.604. The number of hydrogen-bond donors (Lipinski definition) is 0. The Bertz CT molecular complexity index is 157. The molecule has 1 fully saturated rings. The van der Waals surface area contributed by atoms with E-state index in [9.17, 15) is 0 Å². The second-order valence-electron chi connectivity index (χ2n) is 5.66. The molecule has 0 heterocycles. The Morgan fingerprint density at radius 1 is 1.08 bits per heavy atom. The van der Waals surface area contributed by atoms with E-state index in [1.165, 1.54) is 19.3 Å². The maximum absolute atomic E-state index is 6.04. The second-order valence-corrected chi connectivity index (χ2v) is 5.66. The predicted molar refractivity (Wildman–Crippen MR) is 56.8 cm³/mol. The van der Waals surface area contributed by atoms with Gasteiger partial charge in [-0.3, -0.25) is 0 Å². The van der Waals surface area contributed by atoms with Crippen LogP contribution >= 0.6 is 0 Å². The Kier molecular flexibility index (Phi) is 3.39. The van der Waals surface area contributed by atoms with E-state index in [1.807, 2.05) is 0 Å². The lowest BCUT2D eigenvalue weighted by molar-refractivity contribution is -0.0999. The van der Waals surface area contributed by atoms with Crippen molar-refractivity contribution >= 4 is 0 Å².